The third-order valence-corrected chi connectivity index (χ3v) is 10.4. The van der Waals surface area contributed by atoms with Gasteiger partial charge in [0, 0.05) is 32.0 Å². The minimum Gasteiger partial charge on any atom is -0.497 e. The highest BCUT2D eigenvalue weighted by molar-refractivity contribution is 7.89. The van der Waals surface area contributed by atoms with Crippen molar-refractivity contribution >= 4 is 15.9 Å². The van der Waals surface area contributed by atoms with Crippen LogP contribution in [-0.4, -0.2) is 62.0 Å². The van der Waals surface area contributed by atoms with Crippen LogP contribution in [0.2, 0.25) is 0 Å². The Bertz CT molecular complexity index is 1280. The van der Waals surface area contributed by atoms with Crippen LogP contribution in [0.25, 0.3) is 0 Å². The molecule has 37 heavy (non-hydrogen) atoms. The fourth-order valence-electron chi connectivity index (χ4n) is 6.32. The van der Waals surface area contributed by atoms with E-state index < -0.39 is 22.2 Å². The normalized spacial score (nSPS) is 28.8. The van der Waals surface area contributed by atoms with Crippen molar-refractivity contribution in [1.82, 2.24) is 9.21 Å². The van der Waals surface area contributed by atoms with Gasteiger partial charge in [-0.25, -0.2) is 12.8 Å². The van der Waals surface area contributed by atoms with Crippen LogP contribution in [0.3, 0.4) is 0 Å². The van der Waals surface area contributed by atoms with E-state index in [2.05, 4.69) is 0 Å². The molecule has 3 fully saturated rings. The van der Waals surface area contributed by atoms with E-state index in [-0.39, 0.29) is 29.8 Å². The molecule has 1 amide bonds. The van der Waals surface area contributed by atoms with E-state index in [1.54, 1.807) is 12.1 Å². The number of ether oxygens (including phenoxy) is 2. The Kier molecular flexibility index (Phi) is 6.39. The van der Waals surface area contributed by atoms with Crippen molar-refractivity contribution in [2.24, 2.45) is 11.8 Å². The molecule has 6 rings (SSSR count). The molecule has 198 valence electrons. The highest BCUT2D eigenvalue weighted by Gasteiger charge is 2.49. The summed E-state index contributed by atoms with van der Waals surface area (Å²) >= 11 is 0. The lowest BCUT2D eigenvalue weighted by atomic mass is 9.93. The lowest BCUT2D eigenvalue weighted by Crippen LogP contribution is -2.51. The van der Waals surface area contributed by atoms with Crippen molar-refractivity contribution in [2.45, 2.75) is 68.2 Å². The molecule has 2 aliphatic carbocycles. The monoisotopic (exact) mass is 528 g/mol. The first kappa shape index (κ1) is 24.7. The summed E-state index contributed by atoms with van der Waals surface area (Å²) in [6.07, 6.45) is 3.46. The summed E-state index contributed by atoms with van der Waals surface area (Å²) in [5.74, 6) is 2.47. The van der Waals surface area contributed by atoms with Gasteiger partial charge in [0.25, 0.3) is 0 Å². The number of hydrogen-bond acceptors (Lipinski definition) is 5. The first-order valence-electron chi connectivity index (χ1n) is 13.2. The van der Waals surface area contributed by atoms with E-state index in [0.29, 0.717) is 24.8 Å². The second kappa shape index (κ2) is 9.58. The Morgan fingerprint density at radius 2 is 1.92 bits per heavy atom. The molecule has 0 spiro atoms. The largest absolute Gasteiger partial charge is 0.497 e. The van der Waals surface area contributed by atoms with Gasteiger partial charge in [0.2, 0.25) is 15.9 Å². The number of hydrogen-bond donors (Lipinski definition) is 0. The predicted molar refractivity (Wildman–Crippen MR) is 136 cm³/mol. The summed E-state index contributed by atoms with van der Waals surface area (Å²) in [4.78, 5) is 16.0. The molecule has 5 atom stereocenters. The van der Waals surface area contributed by atoms with Crippen LogP contribution < -0.4 is 9.47 Å². The number of sulfonamides is 1. The number of alkyl halides is 1. The summed E-state index contributed by atoms with van der Waals surface area (Å²) in [5.41, 5.74) is 2.11. The van der Waals surface area contributed by atoms with Gasteiger partial charge in [-0.15, -0.1) is 0 Å². The quantitative estimate of drug-likeness (QED) is 0.544. The zero-order valence-corrected chi connectivity index (χ0v) is 21.8. The fraction of sp³-hybridized carbons (Fsp3) is 0.536. The van der Waals surface area contributed by atoms with E-state index in [1.165, 1.54) is 25.7 Å². The Morgan fingerprint density at radius 3 is 2.68 bits per heavy atom. The van der Waals surface area contributed by atoms with Crippen molar-refractivity contribution in [2.75, 3.05) is 20.3 Å². The van der Waals surface area contributed by atoms with Gasteiger partial charge in [0.05, 0.1) is 18.6 Å². The van der Waals surface area contributed by atoms with Gasteiger partial charge in [0.1, 0.15) is 23.7 Å². The Hall–Kier alpha value is -2.65. The smallest absolute Gasteiger partial charge is 0.243 e. The number of halogens is 1. The lowest BCUT2D eigenvalue weighted by Gasteiger charge is -2.37. The van der Waals surface area contributed by atoms with E-state index in [4.69, 9.17) is 9.47 Å². The van der Waals surface area contributed by atoms with Crippen LogP contribution in [0.5, 0.6) is 11.5 Å². The Balaban J connectivity index is 1.29. The molecule has 0 bridgehead atoms. The standard InChI is InChI=1S/C28H33FN2O5S/c1-35-24-6-8-25(9-7-24)37(33,34)31-17-22(29)15-26(31)28(32)30(23-5-4-20-13-21(20)14-23)16-18-2-3-19-10-11-36-27(19)12-18/h2-3,6-9,12,20-23,26H,4-5,10-11,13-17H2,1H3/t20?,21?,22-,23?,26-/m0/s1. The second-order valence-electron chi connectivity index (χ2n) is 10.8. The summed E-state index contributed by atoms with van der Waals surface area (Å²) in [7, 11) is -2.57. The Morgan fingerprint density at radius 1 is 1.11 bits per heavy atom. The highest BCUT2D eigenvalue weighted by Crippen LogP contribution is 2.51. The molecule has 7 nitrogen and oxygen atoms in total. The van der Waals surface area contributed by atoms with Crippen molar-refractivity contribution < 1.29 is 27.1 Å². The molecule has 2 aliphatic heterocycles. The number of amides is 1. The molecular formula is C28H33FN2O5S. The maximum atomic E-state index is 14.8. The van der Waals surface area contributed by atoms with Crippen molar-refractivity contribution in [3.05, 3.63) is 53.6 Å². The minimum absolute atomic E-state index is 0.0228. The van der Waals surface area contributed by atoms with E-state index in [1.807, 2.05) is 23.1 Å². The second-order valence-corrected chi connectivity index (χ2v) is 12.7. The zero-order chi connectivity index (χ0) is 25.7. The van der Waals surface area contributed by atoms with Gasteiger partial charge in [-0.3, -0.25) is 4.79 Å². The van der Waals surface area contributed by atoms with Crippen LogP contribution in [0.4, 0.5) is 4.39 Å². The number of carbonyl (C=O) groups is 1. The summed E-state index contributed by atoms with van der Waals surface area (Å²) < 4.78 is 53.9. The topological polar surface area (TPSA) is 76.2 Å². The summed E-state index contributed by atoms with van der Waals surface area (Å²) in [6.45, 7) is 0.702. The van der Waals surface area contributed by atoms with Crippen LogP contribution in [-0.2, 0) is 27.8 Å². The van der Waals surface area contributed by atoms with Crippen molar-refractivity contribution in [3.63, 3.8) is 0 Å². The molecule has 4 aliphatic rings. The van der Waals surface area contributed by atoms with Crippen LogP contribution in [0.1, 0.15) is 43.2 Å². The van der Waals surface area contributed by atoms with Gasteiger partial charge in [0.15, 0.2) is 0 Å². The first-order valence-corrected chi connectivity index (χ1v) is 14.6. The number of benzene rings is 2. The Labute approximate surface area is 217 Å². The average Bonchev–Trinajstić information content (AvgIpc) is 3.33. The van der Waals surface area contributed by atoms with E-state index in [0.717, 1.165) is 52.8 Å². The number of carbonyl (C=O) groups excluding carboxylic acids is 1. The van der Waals surface area contributed by atoms with Gasteiger partial charge in [-0.05, 0) is 79.0 Å². The molecule has 0 N–H and O–H groups in total. The molecule has 2 aromatic rings. The molecular weight excluding hydrogens is 495 g/mol. The van der Waals surface area contributed by atoms with Gasteiger partial charge < -0.3 is 14.4 Å². The SMILES string of the molecule is COc1ccc(S(=O)(=O)N2C[C@@H](F)C[C@H]2C(=O)N(Cc2ccc3c(c2)OCC3)C2CCC3CC3C2)cc1. The summed E-state index contributed by atoms with van der Waals surface area (Å²) in [6, 6.07) is 11.0. The van der Waals surface area contributed by atoms with E-state index >= 15 is 0 Å². The maximum Gasteiger partial charge on any atom is 0.243 e. The fourth-order valence-corrected chi connectivity index (χ4v) is 7.94. The third-order valence-electron chi connectivity index (χ3n) is 8.51. The van der Waals surface area contributed by atoms with Crippen LogP contribution in [0, 0.1) is 11.8 Å². The molecule has 2 heterocycles. The molecule has 2 aromatic carbocycles. The lowest BCUT2D eigenvalue weighted by molar-refractivity contribution is -0.138. The highest BCUT2D eigenvalue weighted by atomic mass is 32.2. The number of methoxy groups -OCH3 is 1. The van der Waals surface area contributed by atoms with E-state index in [9.17, 15) is 17.6 Å². The zero-order valence-electron chi connectivity index (χ0n) is 21.0. The van der Waals surface area contributed by atoms with Gasteiger partial charge in [-0.2, -0.15) is 4.31 Å². The number of nitrogens with zero attached hydrogens (tertiary/aromatic N) is 2. The molecule has 2 saturated carbocycles. The predicted octanol–water partition coefficient (Wildman–Crippen LogP) is 3.95. The molecule has 0 aromatic heterocycles. The molecule has 9 heteroatoms. The van der Waals surface area contributed by atoms with Crippen LogP contribution >= 0.6 is 0 Å². The third kappa shape index (κ3) is 4.72. The minimum atomic E-state index is -4.07. The first-order chi connectivity index (χ1) is 17.8. The van der Waals surface area contributed by atoms with Crippen molar-refractivity contribution in [1.29, 1.82) is 0 Å². The van der Waals surface area contributed by atoms with Gasteiger partial charge >= 0.3 is 0 Å². The molecule has 3 unspecified atom stereocenters. The van der Waals surface area contributed by atoms with Gasteiger partial charge in [-0.1, -0.05) is 12.1 Å². The summed E-state index contributed by atoms with van der Waals surface area (Å²) in [5, 5.41) is 0. The molecule has 0 radical (unpaired) electrons. The average molecular weight is 529 g/mol. The number of rotatable bonds is 7. The molecule has 1 saturated heterocycles. The maximum absolute atomic E-state index is 14.8. The number of fused-ring (bicyclic) bond motifs is 2. The van der Waals surface area contributed by atoms with Crippen LogP contribution in [0.15, 0.2) is 47.4 Å². The van der Waals surface area contributed by atoms with Crippen molar-refractivity contribution in [3.8, 4) is 11.5 Å².